The molecule has 156 valence electrons. The van der Waals surface area contributed by atoms with Gasteiger partial charge in [-0.05, 0) is 38.3 Å². The second kappa shape index (κ2) is 10.5. The lowest BCUT2D eigenvalue weighted by Crippen LogP contribution is -2.50. The van der Waals surface area contributed by atoms with E-state index in [0.29, 0.717) is 36.2 Å². The molecule has 0 spiro atoms. The van der Waals surface area contributed by atoms with Crippen LogP contribution in [0.25, 0.3) is 0 Å². The van der Waals surface area contributed by atoms with Gasteiger partial charge in [-0.25, -0.2) is 9.18 Å². The Hall–Kier alpha value is -1.29. The second-order valence-electron chi connectivity index (χ2n) is 6.91. The number of rotatable bonds is 4. The molecule has 1 saturated heterocycles. The Morgan fingerprint density at radius 3 is 2.68 bits per heavy atom. The lowest BCUT2D eigenvalue weighted by Gasteiger charge is -2.32. The smallest absolute Gasteiger partial charge is 0.409 e. The zero-order valence-corrected chi connectivity index (χ0v) is 19.2. The number of ether oxygens (including phenoxy) is 1. The number of hydrogen-bond donors (Lipinski definition) is 2. The van der Waals surface area contributed by atoms with E-state index in [1.807, 2.05) is 6.92 Å². The number of nitrogens with one attached hydrogen (secondary N) is 2. The zero-order valence-electron chi connectivity index (χ0n) is 16.1. The highest BCUT2D eigenvalue weighted by Gasteiger charge is 2.42. The average Bonchev–Trinajstić information content (AvgIpc) is 3.40. The fourth-order valence-electron chi connectivity index (χ4n) is 3.50. The van der Waals surface area contributed by atoms with Gasteiger partial charge in [-0.3, -0.25) is 4.99 Å². The Morgan fingerprint density at radius 1 is 1.36 bits per heavy atom. The van der Waals surface area contributed by atoms with Crippen molar-refractivity contribution in [3.05, 3.63) is 34.6 Å². The summed E-state index contributed by atoms with van der Waals surface area (Å²) >= 11 is 6.16. The summed E-state index contributed by atoms with van der Waals surface area (Å²) in [5, 5.41) is 7.23. The van der Waals surface area contributed by atoms with Crippen molar-refractivity contribution >= 4 is 47.6 Å². The maximum absolute atomic E-state index is 14.1. The number of guanidine groups is 1. The highest BCUT2D eigenvalue weighted by atomic mass is 127. The molecule has 1 aliphatic carbocycles. The summed E-state index contributed by atoms with van der Waals surface area (Å²) in [4.78, 5) is 17.8. The van der Waals surface area contributed by atoms with Crippen LogP contribution in [0, 0.1) is 5.82 Å². The Bertz CT molecular complexity index is 693. The number of halogens is 3. The Balaban J connectivity index is 0.00000280. The van der Waals surface area contributed by atoms with E-state index in [0.717, 1.165) is 19.3 Å². The van der Waals surface area contributed by atoms with Crippen LogP contribution in [0.5, 0.6) is 0 Å². The predicted octanol–water partition coefficient (Wildman–Crippen LogP) is 3.74. The first-order chi connectivity index (χ1) is 13.0. The van der Waals surface area contributed by atoms with Crippen LogP contribution in [0.2, 0.25) is 5.02 Å². The minimum absolute atomic E-state index is 0. The van der Waals surface area contributed by atoms with E-state index in [-0.39, 0.29) is 53.9 Å². The fourth-order valence-corrected chi connectivity index (χ4v) is 3.80. The molecule has 1 amide bonds. The van der Waals surface area contributed by atoms with Crippen molar-refractivity contribution in [1.29, 1.82) is 0 Å². The molecule has 1 saturated carbocycles. The molecule has 0 bridgehead atoms. The van der Waals surface area contributed by atoms with E-state index in [9.17, 15) is 9.18 Å². The van der Waals surface area contributed by atoms with Gasteiger partial charge < -0.3 is 20.3 Å². The van der Waals surface area contributed by atoms with Crippen molar-refractivity contribution in [1.82, 2.24) is 15.5 Å². The minimum atomic E-state index is -0.258. The number of aliphatic imine (C=N–C) groups is 1. The molecule has 2 atom stereocenters. The molecule has 2 unspecified atom stereocenters. The van der Waals surface area contributed by atoms with Gasteiger partial charge in [-0.2, -0.15) is 0 Å². The first-order valence-corrected chi connectivity index (χ1v) is 9.76. The van der Waals surface area contributed by atoms with Crippen molar-refractivity contribution in [2.45, 2.75) is 44.2 Å². The van der Waals surface area contributed by atoms with Crippen molar-refractivity contribution in [2.75, 3.05) is 26.7 Å². The van der Waals surface area contributed by atoms with Gasteiger partial charge >= 0.3 is 6.09 Å². The van der Waals surface area contributed by atoms with Crippen LogP contribution < -0.4 is 10.6 Å². The SMILES string of the molecule is CCOC(=O)N1CCC(NC(=NC)NC2CC2c2c(F)cccc2Cl)CC1.I. The van der Waals surface area contributed by atoms with Crippen LogP contribution >= 0.6 is 35.6 Å². The number of likely N-dealkylation sites (tertiary alicyclic amines) is 1. The topological polar surface area (TPSA) is 66.0 Å². The molecule has 0 aromatic heterocycles. The zero-order chi connectivity index (χ0) is 19.4. The third kappa shape index (κ3) is 5.62. The van der Waals surface area contributed by atoms with E-state index >= 15 is 0 Å². The summed E-state index contributed by atoms with van der Waals surface area (Å²) in [5.74, 6) is 0.499. The Labute approximate surface area is 187 Å². The molecule has 1 aromatic rings. The second-order valence-corrected chi connectivity index (χ2v) is 7.31. The van der Waals surface area contributed by atoms with Gasteiger partial charge in [0, 0.05) is 48.7 Å². The predicted molar refractivity (Wildman–Crippen MR) is 119 cm³/mol. The molecule has 1 heterocycles. The molecule has 2 aliphatic rings. The summed E-state index contributed by atoms with van der Waals surface area (Å²) in [5.41, 5.74) is 0.579. The largest absolute Gasteiger partial charge is 0.450 e. The Kier molecular flexibility index (Phi) is 8.60. The number of benzene rings is 1. The first-order valence-electron chi connectivity index (χ1n) is 9.39. The molecule has 28 heavy (non-hydrogen) atoms. The van der Waals surface area contributed by atoms with Crippen molar-refractivity contribution in [2.24, 2.45) is 4.99 Å². The number of nitrogens with zero attached hydrogens (tertiary/aromatic N) is 2. The molecule has 9 heteroatoms. The van der Waals surface area contributed by atoms with Gasteiger partial charge in [-0.1, -0.05) is 17.7 Å². The molecule has 1 aromatic carbocycles. The Morgan fingerprint density at radius 2 is 2.07 bits per heavy atom. The monoisotopic (exact) mass is 524 g/mol. The molecule has 2 fully saturated rings. The third-order valence-electron chi connectivity index (χ3n) is 5.07. The van der Waals surface area contributed by atoms with E-state index in [2.05, 4.69) is 15.6 Å². The third-order valence-corrected chi connectivity index (χ3v) is 5.40. The maximum Gasteiger partial charge on any atom is 0.409 e. The van der Waals surface area contributed by atoms with Gasteiger partial charge in [0.1, 0.15) is 5.82 Å². The summed E-state index contributed by atoms with van der Waals surface area (Å²) in [6, 6.07) is 5.14. The molecule has 3 rings (SSSR count). The summed E-state index contributed by atoms with van der Waals surface area (Å²) in [7, 11) is 1.72. The van der Waals surface area contributed by atoms with Crippen molar-refractivity contribution in [3.8, 4) is 0 Å². The number of piperidine rings is 1. The minimum Gasteiger partial charge on any atom is -0.450 e. The van der Waals surface area contributed by atoms with Gasteiger partial charge in [0.05, 0.1) is 6.61 Å². The summed E-state index contributed by atoms with van der Waals surface area (Å²) in [6.45, 7) is 3.51. The summed E-state index contributed by atoms with van der Waals surface area (Å²) in [6.07, 6.45) is 2.23. The van der Waals surface area contributed by atoms with Crippen molar-refractivity contribution in [3.63, 3.8) is 0 Å². The number of hydrogen-bond acceptors (Lipinski definition) is 3. The van der Waals surface area contributed by atoms with Crippen LogP contribution in [0.3, 0.4) is 0 Å². The van der Waals surface area contributed by atoms with Gasteiger partial charge in [-0.15, -0.1) is 24.0 Å². The highest BCUT2D eigenvalue weighted by Crippen LogP contribution is 2.44. The van der Waals surface area contributed by atoms with Crippen LogP contribution in [0.4, 0.5) is 9.18 Å². The highest BCUT2D eigenvalue weighted by molar-refractivity contribution is 14.0. The van der Waals surface area contributed by atoms with Crippen molar-refractivity contribution < 1.29 is 13.9 Å². The molecular formula is C19H27ClFIN4O2. The molecule has 2 N–H and O–H groups in total. The number of amides is 1. The van der Waals surface area contributed by atoms with E-state index < -0.39 is 0 Å². The first kappa shape index (κ1) is 23.0. The van der Waals surface area contributed by atoms with Crippen LogP contribution in [0.1, 0.15) is 37.7 Å². The van der Waals surface area contributed by atoms with Gasteiger partial charge in [0.15, 0.2) is 5.96 Å². The van der Waals surface area contributed by atoms with Crippen LogP contribution in [0.15, 0.2) is 23.2 Å². The van der Waals surface area contributed by atoms with Gasteiger partial charge in [0.2, 0.25) is 0 Å². The maximum atomic E-state index is 14.1. The van der Waals surface area contributed by atoms with Gasteiger partial charge in [0.25, 0.3) is 0 Å². The molecule has 1 aliphatic heterocycles. The molecular weight excluding hydrogens is 498 g/mol. The number of carbonyl (C=O) groups is 1. The number of carbonyl (C=O) groups excluding carboxylic acids is 1. The lowest BCUT2D eigenvalue weighted by atomic mass is 10.1. The quantitative estimate of drug-likeness (QED) is 0.358. The normalized spacial score (nSPS) is 22.3. The van der Waals surface area contributed by atoms with E-state index in [1.54, 1.807) is 24.1 Å². The van der Waals surface area contributed by atoms with E-state index in [1.165, 1.54) is 6.07 Å². The standard InChI is InChI=1S/C19H26ClFN4O2.HI/c1-3-27-19(26)25-9-7-12(8-10-25)23-18(22-2)24-16-11-13(16)17-14(20)5-4-6-15(17)21;/h4-6,12-13,16H,3,7-11H2,1-2H3,(H2,22,23,24);1H. The van der Waals surface area contributed by atoms with E-state index in [4.69, 9.17) is 16.3 Å². The molecule has 6 nitrogen and oxygen atoms in total. The molecule has 0 radical (unpaired) electrons. The average molecular weight is 525 g/mol. The fraction of sp³-hybridized carbons (Fsp3) is 0.579. The van der Waals surface area contributed by atoms with Crippen LogP contribution in [-0.4, -0.2) is 55.8 Å². The van der Waals surface area contributed by atoms with Crippen LogP contribution in [-0.2, 0) is 4.74 Å². The lowest BCUT2D eigenvalue weighted by molar-refractivity contribution is 0.0963. The summed E-state index contributed by atoms with van der Waals surface area (Å²) < 4.78 is 19.1.